The summed E-state index contributed by atoms with van der Waals surface area (Å²) in [5.41, 5.74) is 3.16. The molecule has 2 rings (SSSR count). The molecule has 3 nitrogen and oxygen atoms in total. The molecule has 0 fully saturated rings. The lowest BCUT2D eigenvalue weighted by atomic mass is 9.92. The fourth-order valence-corrected chi connectivity index (χ4v) is 1.68. The topological polar surface area (TPSA) is 60.7 Å². The smallest absolute Gasteiger partial charge is 0.324 e. The molecule has 1 aliphatic carbocycles. The van der Waals surface area contributed by atoms with E-state index < -0.39 is 8.60 Å². The van der Waals surface area contributed by atoms with Crippen molar-refractivity contribution in [1.29, 1.82) is 0 Å². The minimum absolute atomic E-state index is 1.30. The molecule has 0 heterocycles. The van der Waals surface area contributed by atoms with Gasteiger partial charge in [-0.2, -0.15) is 0 Å². The second-order valence-corrected chi connectivity index (χ2v) is 3.78. The summed E-state index contributed by atoms with van der Waals surface area (Å²) in [6, 6.07) is 8.80. The van der Waals surface area contributed by atoms with E-state index in [0.29, 0.717) is 0 Å². The van der Waals surface area contributed by atoms with Gasteiger partial charge in [0.05, 0.1) is 0 Å². The number of rotatable bonds is 0. The van der Waals surface area contributed by atoms with Crippen molar-refractivity contribution in [2.75, 3.05) is 0 Å². The van der Waals surface area contributed by atoms with Crippen LogP contribution in [0.25, 0.3) is 0 Å². The third-order valence-corrected chi connectivity index (χ3v) is 2.26. The lowest BCUT2D eigenvalue weighted by Gasteiger charge is -2.13. The maximum Gasteiger partial charge on any atom is 0.324 e. The predicted octanol–water partition coefficient (Wildman–Crippen LogP) is 1.76. The summed E-state index contributed by atoms with van der Waals surface area (Å²) < 4.78 is 0. The Morgan fingerprint density at radius 3 is 1.57 bits per heavy atom. The maximum atomic E-state index is 7.23. The average molecular weight is 214 g/mol. The Labute approximate surface area is 85.0 Å². The molecule has 1 aliphatic rings. The molecule has 0 saturated heterocycles. The molecule has 1 aromatic rings. The molecule has 0 bridgehead atoms. The Hall–Kier alpha value is -0.470. The minimum Gasteiger partial charge on any atom is -0.328 e. The third-order valence-electron chi connectivity index (χ3n) is 2.26. The van der Waals surface area contributed by atoms with E-state index in [-0.39, 0.29) is 0 Å². The molecule has 78 valence electrons. The van der Waals surface area contributed by atoms with Crippen LogP contribution in [0.5, 0.6) is 0 Å². The Bertz CT molecular complexity index is 248. The van der Waals surface area contributed by atoms with Crippen LogP contribution in [0.3, 0.4) is 0 Å². The summed E-state index contributed by atoms with van der Waals surface area (Å²) in [6.45, 7) is 0. The molecule has 0 saturated carbocycles. The molecule has 0 amide bonds. The van der Waals surface area contributed by atoms with Crippen molar-refractivity contribution in [1.82, 2.24) is 0 Å². The van der Waals surface area contributed by atoms with E-state index in [4.69, 9.17) is 14.7 Å². The van der Waals surface area contributed by atoms with E-state index in [9.17, 15) is 0 Å². The van der Waals surface area contributed by atoms with Gasteiger partial charge in [-0.25, -0.2) is 0 Å². The Kier molecular flexibility index (Phi) is 5.05. The molecular weight excluding hydrogens is 199 g/mol. The Morgan fingerprint density at radius 2 is 1.21 bits per heavy atom. The van der Waals surface area contributed by atoms with Crippen molar-refractivity contribution in [3.63, 3.8) is 0 Å². The van der Waals surface area contributed by atoms with Gasteiger partial charge in [-0.1, -0.05) is 24.3 Å². The third kappa shape index (κ3) is 4.16. The van der Waals surface area contributed by atoms with E-state index >= 15 is 0 Å². The second kappa shape index (κ2) is 6.10. The molecule has 0 unspecified atom stereocenters. The van der Waals surface area contributed by atoms with Crippen LogP contribution in [0.15, 0.2) is 24.3 Å². The van der Waals surface area contributed by atoms with Gasteiger partial charge in [0.2, 0.25) is 0 Å². The van der Waals surface area contributed by atoms with Gasteiger partial charge in [0.25, 0.3) is 0 Å². The van der Waals surface area contributed by atoms with Gasteiger partial charge in [-0.15, -0.1) is 0 Å². The number of hydrogen-bond acceptors (Lipinski definition) is 3. The first-order valence-electron chi connectivity index (χ1n) is 4.63. The van der Waals surface area contributed by atoms with Crippen molar-refractivity contribution in [3.8, 4) is 0 Å². The van der Waals surface area contributed by atoms with Crippen LogP contribution in [0.2, 0.25) is 0 Å². The number of aryl methyl sites for hydroxylation is 2. The van der Waals surface area contributed by atoms with Gasteiger partial charge in [0.15, 0.2) is 0 Å². The highest BCUT2D eigenvalue weighted by atomic mass is 31.2. The normalized spacial score (nSPS) is 14.3. The van der Waals surface area contributed by atoms with E-state index in [1.807, 2.05) is 0 Å². The van der Waals surface area contributed by atoms with Crippen molar-refractivity contribution < 1.29 is 14.7 Å². The Balaban J connectivity index is 0.000000213. The highest BCUT2D eigenvalue weighted by Crippen LogP contribution is 2.19. The highest BCUT2D eigenvalue weighted by Gasteiger charge is 2.05. The van der Waals surface area contributed by atoms with Crippen molar-refractivity contribution in [2.45, 2.75) is 25.7 Å². The fourth-order valence-electron chi connectivity index (χ4n) is 1.68. The first-order chi connectivity index (χ1) is 6.70. The molecule has 3 N–H and O–H groups in total. The summed E-state index contributed by atoms with van der Waals surface area (Å²) in [6.07, 6.45) is 5.38. The van der Waals surface area contributed by atoms with Gasteiger partial charge in [0, 0.05) is 0 Å². The SMILES string of the molecule is OP(O)O.c1ccc2c(c1)CCCC2. The van der Waals surface area contributed by atoms with Gasteiger partial charge < -0.3 is 14.7 Å². The molecule has 4 heteroatoms. The first kappa shape index (κ1) is 11.6. The Morgan fingerprint density at radius 1 is 0.857 bits per heavy atom. The average Bonchev–Trinajstić information content (AvgIpc) is 2.17. The lowest BCUT2D eigenvalue weighted by molar-refractivity contribution is 0.368. The summed E-state index contributed by atoms with van der Waals surface area (Å²) in [5.74, 6) is 0. The minimum atomic E-state index is -2.62. The van der Waals surface area contributed by atoms with Crippen LogP contribution in [0, 0.1) is 0 Å². The van der Waals surface area contributed by atoms with Crippen LogP contribution in [0.1, 0.15) is 24.0 Å². The predicted molar refractivity (Wildman–Crippen MR) is 56.7 cm³/mol. The summed E-state index contributed by atoms with van der Waals surface area (Å²) >= 11 is 0. The molecule has 0 spiro atoms. The standard InChI is InChI=1S/C10H12.H3O3P/c1-2-6-10-8-4-3-7-9(10)5-1;1-4(2)3/h1-2,5-6H,3-4,7-8H2;1-3H. The molecule has 0 aliphatic heterocycles. The van der Waals surface area contributed by atoms with Crippen molar-refractivity contribution in [3.05, 3.63) is 35.4 Å². The summed E-state index contributed by atoms with van der Waals surface area (Å²) in [7, 11) is -2.62. The molecule has 0 aromatic heterocycles. The van der Waals surface area contributed by atoms with E-state index in [1.54, 1.807) is 11.1 Å². The monoisotopic (exact) mass is 214 g/mol. The summed E-state index contributed by atoms with van der Waals surface area (Å²) in [5, 5.41) is 0. The van der Waals surface area contributed by atoms with Crippen molar-refractivity contribution in [2.24, 2.45) is 0 Å². The quantitative estimate of drug-likeness (QED) is 0.576. The summed E-state index contributed by atoms with van der Waals surface area (Å²) in [4.78, 5) is 21.7. The molecule has 14 heavy (non-hydrogen) atoms. The zero-order valence-electron chi connectivity index (χ0n) is 7.93. The second-order valence-electron chi connectivity index (χ2n) is 3.24. The van der Waals surface area contributed by atoms with E-state index in [2.05, 4.69) is 24.3 Å². The zero-order valence-corrected chi connectivity index (χ0v) is 8.82. The maximum absolute atomic E-state index is 7.23. The molecule has 0 atom stereocenters. The van der Waals surface area contributed by atoms with Crippen LogP contribution >= 0.6 is 8.60 Å². The van der Waals surface area contributed by atoms with Gasteiger partial charge in [-0.05, 0) is 36.8 Å². The molecular formula is C10H15O3P. The zero-order chi connectivity index (χ0) is 10.4. The number of hydrogen-bond donors (Lipinski definition) is 3. The van der Waals surface area contributed by atoms with Gasteiger partial charge in [0.1, 0.15) is 0 Å². The van der Waals surface area contributed by atoms with Crippen molar-refractivity contribution >= 4 is 8.60 Å². The van der Waals surface area contributed by atoms with Crippen LogP contribution < -0.4 is 0 Å². The van der Waals surface area contributed by atoms with Gasteiger partial charge >= 0.3 is 8.60 Å². The van der Waals surface area contributed by atoms with E-state index in [1.165, 1.54) is 25.7 Å². The highest BCUT2D eigenvalue weighted by molar-refractivity contribution is 7.38. The molecule has 0 radical (unpaired) electrons. The number of benzene rings is 1. The first-order valence-corrected chi connectivity index (χ1v) is 5.83. The van der Waals surface area contributed by atoms with Crippen LogP contribution in [-0.4, -0.2) is 14.7 Å². The van der Waals surface area contributed by atoms with E-state index in [0.717, 1.165) is 0 Å². The lowest BCUT2D eigenvalue weighted by Crippen LogP contribution is -2.00. The number of fused-ring (bicyclic) bond motifs is 1. The fraction of sp³-hybridized carbons (Fsp3) is 0.400. The van der Waals surface area contributed by atoms with Crippen LogP contribution in [-0.2, 0) is 12.8 Å². The van der Waals surface area contributed by atoms with Crippen LogP contribution in [0.4, 0.5) is 0 Å². The van der Waals surface area contributed by atoms with Gasteiger partial charge in [-0.3, -0.25) is 0 Å². The largest absolute Gasteiger partial charge is 0.328 e. The molecule has 1 aromatic carbocycles.